The quantitative estimate of drug-likeness (QED) is 0.548. The summed E-state index contributed by atoms with van der Waals surface area (Å²) in [7, 11) is 0. The van der Waals surface area contributed by atoms with E-state index in [0.29, 0.717) is 6.54 Å². The van der Waals surface area contributed by atoms with Crippen LogP contribution in [0, 0.1) is 0 Å². The van der Waals surface area contributed by atoms with E-state index in [1.807, 2.05) is 6.08 Å². The zero-order chi connectivity index (χ0) is 5.54. The zero-order valence-corrected chi connectivity index (χ0v) is 5.56. The van der Waals surface area contributed by atoms with Gasteiger partial charge in [-0.15, -0.1) is 0 Å². The van der Waals surface area contributed by atoms with E-state index in [0.717, 1.165) is 6.42 Å². The van der Waals surface area contributed by atoms with E-state index in [4.69, 9.17) is 5.73 Å². The van der Waals surface area contributed by atoms with Gasteiger partial charge in [0.25, 0.3) is 0 Å². The molecule has 0 aliphatic carbocycles. The van der Waals surface area contributed by atoms with Crippen LogP contribution in [0.1, 0.15) is 19.8 Å². The number of nitrogens with two attached hydrogens (primary N) is 1. The van der Waals surface area contributed by atoms with Crippen molar-refractivity contribution in [1.82, 2.24) is 6.15 Å². The van der Waals surface area contributed by atoms with Crippen molar-refractivity contribution in [2.24, 2.45) is 5.73 Å². The van der Waals surface area contributed by atoms with Gasteiger partial charge in [-0.1, -0.05) is 25.5 Å². The molecule has 0 aromatic heterocycles. The van der Waals surface area contributed by atoms with Gasteiger partial charge in [0.1, 0.15) is 0 Å². The fourth-order valence-electron chi connectivity index (χ4n) is 0.381. The normalized spacial score (nSPS) is 9.25. The second-order valence-electron chi connectivity index (χ2n) is 1.50. The molecular weight excluding hydrogens is 100 g/mol. The third-order valence-corrected chi connectivity index (χ3v) is 0.758. The van der Waals surface area contributed by atoms with Crippen molar-refractivity contribution in [3.63, 3.8) is 0 Å². The number of rotatable bonds is 3. The standard InChI is InChI=1S/C6H13N.H3N/c1-2-3-4-5-6-7;/h4-5H,2-3,6-7H2,1H3;1H3/b5-4-;. The third-order valence-electron chi connectivity index (χ3n) is 0.758. The maximum atomic E-state index is 5.18. The summed E-state index contributed by atoms with van der Waals surface area (Å²) in [6.45, 7) is 2.83. The molecule has 0 heterocycles. The molecular formula is C6H16N2. The highest BCUT2D eigenvalue weighted by molar-refractivity contribution is 4.81. The molecule has 0 aliphatic rings. The van der Waals surface area contributed by atoms with Crippen LogP contribution in [-0.2, 0) is 0 Å². The van der Waals surface area contributed by atoms with E-state index in [9.17, 15) is 0 Å². The van der Waals surface area contributed by atoms with Crippen LogP contribution in [0.2, 0.25) is 0 Å². The average Bonchev–Trinajstić information content (AvgIpc) is 1.69. The van der Waals surface area contributed by atoms with E-state index < -0.39 is 0 Å². The highest BCUT2D eigenvalue weighted by Crippen LogP contribution is 1.85. The molecule has 0 fully saturated rings. The van der Waals surface area contributed by atoms with Crippen molar-refractivity contribution in [3.8, 4) is 0 Å². The van der Waals surface area contributed by atoms with Gasteiger partial charge >= 0.3 is 0 Å². The van der Waals surface area contributed by atoms with E-state index in [2.05, 4.69) is 13.0 Å². The van der Waals surface area contributed by atoms with Crippen molar-refractivity contribution in [2.45, 2.75) is 19.8 Å². The van der Waals surface area contributed by atoms with Gasteiger partial charge in [-0.05, 0) is 6.42 Å². The Hall–Kier alpha value is -0.340. The molecule has 0 aliphatic heterocycles. The van der Waals surface area contributed by atoms with Crippen LogP contribution in [0.5, 0.6) is 0 Å². The Morgan fingerprint density at radius 3 is 2.38 bits per heavy atom. The van der Waals surface area contributed by atoms with Crippen molar-refractivity contribution in [1.29, 1.82) is 0 Å². The molecule has 0 aromatic rings. The minimum absolute atomic E-state index is 0. The molecule has 0 aromatic carbocycles. The van der Waals surface area contributed by atoms with Gasteiger partial charge in [-0.2, -0.15) is 0 Å². The molecule has 0 amide bonds. The highest BCUT2D eigenvalue weighted by atomic mass is 14.5. The van der Waals surface area contributed by atoms with Crippen molar-refractivity contribution < 1.29 is 0 Å². The summed E-state index contributed by atoms with van der Waals surface area (Å²) in [5, 5.41) is 0. The van der Waals surface area contributed by atoms with Crippen molar-refractivity contribution >= 4 is 0 Å². The molecule has 0 spiro atoms. The molecule has 0 saturated carbocycles. The zero-order valence-electron chi connectivity index (χ0n) is 5.56. The van der Waals surface area contributed by atoms with E-state index in [1.165, 1.54) is 6.42 Å². The smallest absolute Gasteiger partial charge is 0.0106 e. The van der Waals surface area contributed by atoms with Crippen LogP contribution in [0.3, 0.4) is 0 Å². The summed E-state index contributed by atoms with van der Waals surface area (Å²) in [4.78, 5) is 0. The topological polar surface area (TPSA) is 61.0 Å². The van der Waals surface area contributed by atoms with Crippen LogP contribution < -0.4 is 11.9 Å². The second-order valence-corrected chi connectivity index (χ2v) is 1.50. The Bertz CT molecular complexity index is 50.5. The van der Waals surface area contributed by atoms with Gasteiger partial charge in [0, 0.05) is 6.54 Å². The molecule has 2 nitrogen and oxygen atoms in total. The average molecular weight is 116 g/mol. The van der Waals surface area contributed by atoms with Gasteiger partial charge in [0.05, 0.1) is 0 Å². The lowest BCUT2D eigenvalue weighted by molar-refractivity contribution is 0.954. The summed E-state index contributed by atoms with van der Waals surface area (Å²) in [6.07, 6.45) is 6.48. The molecule has 0 bridgehead atoms. The van der Waals surface area contributed by atoms with Crippen molar-refractivity contribution in [3.05, 3.63) is 12.2 Å². The molecule has 8 heavy (non-hydrogen) atoms. The lowest BCUT2D eigenvalue weighted by atomic mass is 10.3. The van der Waals surface area contributed by atoms with Crippen LogP contribution in [0.25, 0.3) is 0 Å². The Kier molecular flexibility index (Phi) is 13.0. The molecule has 0 radical (unpaired) electrons. The molecule has 50 valence electrons. The molecule has 0 atom stereocenters. The predicted octanol–water partition coefficient (Wildman–Crippen LogP) is 1.46. The first kappa shape index (κ1) is 10.6. The lowest BCUT2D eigenvalue weighted by Gasteiger charge is -1.80. The van der Waals surface area contributed by atoms with Gasteiger partial charge in [0.15, 0.2) is 0 Å². The molecule has 2 heteroatoms. The Morgan fingerprint density at radius 1 is 1.38 bits per heavy atom. The maximum absolute atomic E-state index is 5.18. The van der Waals surface area contributed by atoms with Crippen LogP contribution in [-0.4, -0.2) is 6.54 Å². The highest BCUT2D eigenvalue weighted by Gasteiger charge is 1.68. The number of hydrogen-bond acceptors (Lipinski definition) is 2. The Labute approximate surface area is 51.3 Å². The third kappa shape index (κ3) is 9.18. The molecule has 5 N–H and O–H groups in total. The summed E-state index contributed by atoms with van der Waals surface area (Å²) in [6, 6.07) is 0. The van der Waals surface area contributed by atoms with Crippen LogP contribution >= 0.6 is 0 Å². The number of hydrogen-bond donors (Lipinski definition) is 2. The minimum Gasteiger partial charge on any atom is -0.344 e. The van der Waals surface area contributed by atoms with Gasteiger partial charge in [0.2, 0.25) is 0 Å². The number of unbranched alkanes of at least 4 members (excludes halogenated alkanes) is 1. The van der Waals surface area contributed by atoms with E-state index >= 15 is 0 Å². The lowest BCUT2D eigenvalue weighted by Crippen LogP contribution is -1.91. The first-order valence-corrected chi connectivity index (χ1v) is 2.77. The van der Waals surface area contributed by atoms with Gasteiger partial charge in [-0.3, -0.25) is 0 Å². The monoisotopic (exact) mass is 116 g/mol. The Balaban J connectivity index is 0. The first-order valence-electron chi connectivity index (χ1n) is 2.77. The van der Waals surface area contributed by atoms with Gasteiger partial charge < -0.3 is 11.9 Å². The SMILES string of the molecule is CCC/C=C\CN.N. The summed E-state index contributed by atoms with van der Waals surface area (Å²) < 4.78 is 0. The van der Waals surface area contributed by atoms with E-state index in [-0.39, 0.29) is 6.15 Å². The maximum Gasteiger partial charge on any atom is 0.0106 e. The van der Waals surface area contributed by atoms with Gasteiger partial charge in [-0.25, -0.2) is 0 Å². The fraction of sp³-hybridized carbons (Fsp3) is 0.667. The fourth-order valence-corrected chi connectivity index (χ4v) is 0.381. The molecule has 0 saturated heterocycles. The molecule has 0 rings (SSSR count). The Morgan fingerprint density at radius 2 is 2.00 bits per heavy atom. The van der Waals surface area contributed by atoms with Crippen molar-refractivity contribution in [2.75, 3.05) is 6.54 Å². The summed E-state index contributed by atoms with van der Waals surface area (Å²) in [5.41, 5.74) is 5.18. The summed E-state index contributed by atoms with van der Waals surface area (Å²) in [5.74, 6) is 0. The first-order chi connectivity index (χ1) is 3.41. The minimum atomic E-state index is 0. The largest absolute Gasteiger partial charge is 0.344 e. The van der Waals surface area contributed by atoms with E-state index in [1.54, 1.807) is 0 Å². The van der Waals surface area contributed by atoms with Crippen LogP contribution in [0.4, 0.5) is 0 Å². The summed E-state index contributed by atoms with van der Waals surface area (Å²) >= 11 is 0. The second kappa shape index (κ2) is 9.83. The molecule has 0 unspecified atom stereocenters. The predicted molar refractivity (Wildman–Crippen MR) is 38.1 cm³/mol. The number of allylic oxidation sites excluding steroid dienone is 1. The van der Waals surface area contributed by atoms with Crippen LogP contribution in [0.15, 0.2) is 12.2 Å².